The number of benzene rings is 1. The molecule has 0 amide bonds. The number of halogens is 1. The van der Waals surface area contributed by atoms with Crippen LogP contribution in [0.4, 0.5) is 5.69 Å². The molecule has 0 unspecified atom stereocenters. The summed E-state index contributed by atoms with van der Waals surface area (Å²) in [5.41, 5.74) is 3.00. The monoisotopic (exact) mass is 241 g/mol. The molecular formula is C12H16ClNO2. The second-order valence-electron chi connectivity index (χ2n) is 4.49. The predicted molar refractivity (Wildman–Crippen MR) is 66.5 cm³/mol. The summed E-state index contributed by atoms with van der Waals surface area (Å²) in [4.78, 5) is 11.4. The van der Waals surface area contributed by atoms with Gasteiger partial charge in [-0.2, -0.15) is 0 Å². The van der Waals surface area contributed by atoms with Crippen molar-refractivity contribution in [3.05, 3.63) is 29.3 Å². The Morgan fingerprint density at radius 3 is 2.75 bits per heavy atom. The van der Waals surface area contributed by atoms with Crippen LogP contribution in [0.1, 0.15) is 29.8 Å². The highest BCUT2D eigenvalue weighted by atomic mass is 35.5. The number of anilines is 1. The molecule has 1 aromatic carbocycles. The molecule has 0 bridgehead atoms. The SMILES string of the molecule is COC(=O)c1ccc2c(c1)C(C)(C)CN2.Cl. The van der Waals surface area contributed by atoms with Gasteiger partial charge in [-0.25, -0.2) is 4.79 Å². The molecule has 0 saturated carbocycles. The first-order chi connectivity index (χ1) is 7.04. The summed E-state index contributed by atoms with van der Waals surface area (Å²) in [5, 5.41) is 3.32. The number of methoxy groups -OCH3 is 1. The van der Waals surface area contributed by atoms with Crippen LogP contribution < -0.4 is 5.32 Å². The molecule has 1 aliphatic heterocycles. The standard InChI is InChI=1S/C12H15NO2.ClH/c1-12(2)7-13-10-5-4-8(6-9(10)12)11(14)15-3;/h4-6,13H,7H2,1-3H3;1H. The van der Waals surface area contributed by atoms with Gasteiger partial charge in [-0.15, -0.1) is 12.4 Å². The van der Waals surface area contributed by atoms with Gasteiger partial charge in [0.15, 0.2) is 0 Å². The number of carbonyl (C=O) groups excluding carboxylic acids is 1. The fraction of sp³-hybridized carbons (Fsp3) is 0.417. The Labute approximate surface area is 102 Å². The Bertz CT molecular complexity index is 415. The minimum absolute atomic E-state index is 0. The zero-order valence-electron chi connectivity index (χ0n) is 9.66. The molecule has 0 atom stereocenters. The normalized spacial score (nSPS) is 15.7. The summed E-state index contributed by atoms with van der Waals surface area (Å²) >= 11 is 0. The second kappa shape index (κ2) is 4.34. The minimum atomic E-state index is -0.277. The molecule has 1 aliphatic rings. The van der Waals surface area contributed by atoms with Crippen LogP contribution in [0.5, 0.6) is 0 Å². The van der Waals surface area contributed by atoms with Crippen LogP contribution in [0, 0.1) is 0 Å². The van der Waals surface area contributed by atoms with Gasteiger partial charge in [0.1, 0.15) is 0 Å². The maximum atomic E-state index is 11.4. The van der Waals surface area contributed by atoms with E-state index in [-0.39, 0.29) is 23.8 Å². The van der Waals surface area contributed by atoms with Gasteiger partial charge in [0, 0.05) is 17.6 Å². The largest absolute Gasteiger partial charge is 0.465 e. The van der Waals surface area contributed by atoms with E-state index in [4.69, 9.17) is 4.74 Å². The van der Waals surface area contributed by atoms with Crippen molar-refractivity contribution in [2.24, 2.45) is 0 Å². The van der Waals surface area contributed by atoms with Crippen molar-refractivity contribution in [3.63, 3.8) is 0 Å². The van der Waals surface area contributed by atoms with Crippen molar-refractivity contribution >= 4 is 24.1 Å². The molecule has 0 aromatic heterocycles. The lowest BCUT2D eigenvalue weighted by Gasteiger charge is -2.17. The topological polar surface area (TPSA) is 38.3 Å². The predicted octanol–water partition coefficient (Wildman–Crippen LogP) is 2.60. The van der Waals surface area contributed by atoms with Crippen molar-refractivity contribution in [1.29, 1.82) is 0 Å². The Morgan fingerprint density at radius 2 is 2.12 bits per heavy atom. The van der Waals surface area contributed by atoms with Crippen molar-refractivity contribution in [2.75, 3.05) is 19.0 Å². The summed E-state index contributed by atoms with van der Waals surface area (Å²) in [6, 6.07) is 5.65. The van der Waals surface area contributed by atoms with E-state index >= 15 is 0 Å². The molecule has 88 valence electrons. The molecule has 0 saturated heterocycles. The second-order valence-corrected chi connectivity index (χ2v) is 4.49. The van der Waals surface area contributed by atoms with Crippen molar-refractivity contribution in [3.8, 4) is 0 Å². The smallest absolute Gasteiger partial charge is 0.337 e. The van der Waals surface area contributed by atoms with Gasteiger partial charge >= 0.3 is 5.97 Å². The third-order valence-corrected chi connectivity index (χ3v) is 2.89. The van der Waals surface area contributed by atoms with Gasteiger partial charge in [0.05, 0.1) is 12.7 Å². The lowest BCUT2D eigenvalue weighted by Crippen LogP contribution is -2.19. The van der Waals surface area contributed by atoms with E-state index in [1.165, 1.54) is 12.7 Å². The maximum absolute atomic E-state index is 11.4. The Morgan fingerprint density at radius 1 is 1.44 bits per heavy atom. The van der Waals surface area contributed by atoms with E-state index in [1.54, 1.807) is 6.07 Å². The van der Waals surface area contributed by atoms with Gasteiger partial charge in [0.25, 0.3) is 0 Å². The Kier molecular flexibility index (Phi) is 3.48. The number of nitrogens with one attached hydrogen (secondary N) is 1. The van der Waals surface area contributed by atoms with Crippen LogP contribution >= 0.6 is 12.4 Å². The number of carbonyl (C=O) groups is 1. The highest BCUT2D eigenvalue weighted by molar-refractivity contribution is 5.90. The molecule has 0 fully saturated rings. The van der Waals surface area contributed by atoms with Crippen LogP contribution in [0.3, 0.4) is 0 Å². The fourth-order valence-corrected chi connectivity index (χ4v) is 1.91. The average Bonchev–Trinajstić information content (AvgIpc) is 2.53. The molecule has 1 N–H and O–H groups in total. The third kappa shape index (κ3) is 2.00. The number of ether oxygens (including phenoxy) is 1. The molecule has 1 heterocycles. The molecule has 4 heteroatoms. The molecular weight excluding hydrogens is 226 g/mol. The zero-order chi connectivity index (χ0) is 11.1. The lowest BCUT2D eigenvalue weighted by molar-refractivity contribution is 0.0600. The lowest BCUT2D eigenvalue weighted by atomic mass is 9.86. The van der Waals surface area contributed by atoms with E-state index in [0.717, 1.165) is 12.2 Å². The van der Waals surface area contributed by atoms with Gasteiger partial charge in [-0.05, 0) is 23.8 Å². The molecule has 0 spiro atoms. The number of fused-ring (bicyclic) bond motifs is 1. The van der Waals surface area contributed by atoms with Crippen molar-refractivity contribution in [2.45, 2.75) is 19.3 Å². The Hall–Kier alpha value is -1.22. The van der Waals surface area contributed by atoms with E-state index in [1.807, 2.05) is 12.1 Å². The number of esters is 1. The summed E-state index contributed by atoms with van der Waals surface area (Å²) < 4.78 is 4.70. The van der Waals surface area contributed by atoms with Gasteiger partial charge in [-0.3, -0.25) is 0 Å². The highest BCUT2D eigenvalue weighted by Crippen LogP contribution is 2.36. The first-order valence-corrected chi connectivity index (χ1v) is 5.01. The molecule has 2 rings (SSSR count). The van der Waals surface area contributed by atoms with E-state index in [0.29, 0.717) is 5.56 Å². The highest BCUT2D eigenvalue weighted by Gasteiger charge is 2.30. The van der Waals surface area contributed by atoms with Crippen LogP contribution in [0.15, 0.2) is 18.2 Å². The number of hydrogen-bond acceptors (Lipinski definition) is 3. The molecule has 0 aliphatic carbocycles. The van der Waals surface area contributed by atoms with Crippen LogP contribution in [-0.2, 0) is 10.2 Å². The van der Waals surface area contributed by atoms with E-state index < -0.39 is 0 Å². The molecule has 3 nitrogen and oxygen atoms in total. The number of hydrogen-bond donors (Lipinski definition) is 1. The first-order valence-electron chi connectivity index (χ1n) is 5.01. The maximum Gasteiger partial charge on any atom is 0.337 e. The van der Waals surface area contributed by atoms with Crippen molar-refractivity contribution < 1.29 is 9.53 Å². The quantitative estimate of drug-likeness (QED) is 0.768. The summed E-state index contributed by atoms with van der Waals surface area (Å²) in [5.74, 6) is -0.277. The zero-order valence-corrected chi connectivity index (χ0v) is 10.5. The average molecular weight is 242 g/mol. The minimum Gasteiger partial charge on any atom is -0.465 e. The van der Waals surface area contributed by atoms with Crippen LogP contribution in [-0.4, -0.2) is 19.6 Å². The third-order valence-electron chi connectivity index (χ3n) is 2.89. The summed E-state index contributed by atoms with van der Waals surface area (Å²) in [6.45, 7) is 5.23. The summed E-state index contributed by atoms with van der Waals surface area (Å²) in [6.07, 6.45) is 0. The fourth-order valence-electron chi connectivity index (χ4n) is 1.91. The molecule has 0 radical (unpaired) electrons. The summed E-state index contributed by atoms with van der Waals surface area (Å²) in [7, 11) is 1.40. The van der Waals surface area contributed by atoms with Crippen LogP contribution in [0.25, 0.3) is 0 Å². The number of rotatable bonds is 1. The van der Waals surface area contributed by atoms with E-state index in [2.05, 4.69) is 19.2 Å². The van der Waals surface area contributed by atoms with Crippen LogP contribution in [0.2, 0.25) is 0 Å². The Balaban J connectivity index is 0.00000128. The molecule has 16 heavy (non-hydrogen) atoms. The first kappa shape index (κ1) is 12.8. The van der Waals surface area contributed by atoms with Gasteiger partial charge in [-0.1, -0.05) is 13.8 Å². The van der Waals surface area contributed by atoms with E-state index in [9.17, 15) is 4.79 Å². The van der Waals surface area contributed by atoms with Crippen molar-refractivity contribution in [1.82, 2.24) is 0 Å². The molecule has 1 aromatic rings. The van der Waals surface area contributed by atoms with Gasteiger partial charge in [0.2, 0.25) is 0 Å². The van der Waals surface area contributed by atoms with Gasteiger partial charge < -0.3 is 10.1 Å².